The molecule has 1 aromatic heterocycles. The van der Waals surface area contributed by atoms with Crippen LogP contribution in [0.4, 0.5) is 0 Å². The van der Waals surface area contributed by atoms with E-state index < -0.39 is 0 Å². The Morgan fingerprint density at radius 1 is 1.47 bits per heavy atom. The summed E-state index contributed by atoms with van der Waals surface area (Å²) < 4.78 is 11.6. The summed E-state index contributed by atoms with van der Waals surface area (Å²) in [5.74, 6) is 1.99. The van der Waals surface area contributed by atoms with Crippen molar-refractivity contribution < 1.29 is 9.15 Å². The van der Waals surface area contributed by atoms with Crippen LogP contribution in [0.15, 0.2) is 33.3 Å². The highest BCUT2D eigenvalue weighted by Gasteiger charge is 2.11. The first-order chi connectivity index (χ1) is 8.11. The molecule has 0 aliphatic carbocycles. The summed E-state index contributed by atoms with van der Waals surface area (Å²) in [7, 11) is 1.63. The van der Waals surface area contributed by atoms with Gasteiger partial charge >= 0.3 is 0 Å². The molecular weight excluding hydrogens is 305 g/mol. The molecule has 0 fully saturated rings. The first-order valence-corrected chi connectivity index (χ1v) is 6.28. The number of halogens is 2. The zero-order valence-electron chi connectivity index (χ0n) is 9.41. The van der Waals surface area contributed by atoms with Crippen molar-refractivity contribution in [2.24, 2.45) is 0 Å². The van der Waals surface area contributed by atoms with E-state index in [0.717, 1.165) is 15.8 Å². The van der Waals surface area contributed by atoms with E-state index in [1.54, 1.807) is 13.3 Å². The quantitative estimate of drug-likeness (QED) is 0.787. The summed E-state index contributed by atoms with van der Waals surface area (Å²) in [4.78, 5) is 4.12. The average molecular weight is 317 g/mol. The van der Waals surface area contributed by atoms with Gasteiger partial charge < -0.3 is 9.15 Å². The van der Waals surface area contributed by atoms with Crippen molar-refractivity contribution in [3.63, 3.8) is 0 Å². The predicted octanol–water partition coefficient (Wildman–Crippen LogP) is 4.41. The fourth-order valence-electron chi connectivity index (χ4n) is 1.42. The number of methoxy groups -OCH3 is 1. The molecule has 1 unspecified atom stereocenters. The maximum atomic E-state index is 5.90. The van der Waals surface area contributed by atoms with Crippen LogP contribution >= 0.6 is 27.5 Å². The number of hydrogen-bond donors (Lipinski definition) is 0. The Hall–Kier alpha value is -1.00. The topological polar surface area (TPSA) is 35.3 Å². The molecule has 17 heavy (non-hydrogen) atoms. The van der Waals surface area contributed by atoms with Crippen LogP contribution < -0.4 is 4.74 Å². The van der Waals surface area contributed by atoms with E-state index in [2.05, 4.69) is 20.9 Å². The van der Waals surface area contributed by atoms with E-state index >= 15 is 0 Å². The van der Waals surface area contributed by atoms with E-state index in [1.807, 2.05) is 25.1 Å². The number of nitrogens with zero attached hydrogens (tertiary/aromatic N) is 1. The highest BCUT2D eigenvalue weighted by Crippen LogP contribution is 2.32. The van der Waals surface area contributed by atoms with Gasteiger partial charge in [0.1, 0.15) is 11.1 Å². The van der Waals surface area contributed by atoms with Crippen molar-refractivity contribution in [2.75, 3.05) is 7.11 Å². The highest BCUT2D eigenvalue weighted by atomic mass is 79.9. The third-order valence-corrected chi connectivity index (χ3v) is 3.11. The molecule has 0 radical (unpaired) electrons. The Kier molecular flexibility index (Phi) is 3.74. The lowest BCUT2D eigenvalue weighted by Crippen LogP contribution is -1.84. The number of alkyl halides is 1. The second-order valence-electron chi connectivity index (χ2n) is 3.53. The summed E-state index contributed by atoms with van der Waals surface area (Å²) in [6.07, 6.45) is 1.67. The molecule has 5 heteroatoms. The summed E-state index contributed by atoms with van der Waals surface area (Å²) in [6.45, 7) is 1.82. The van der Waals surface area contributed by atoms with Crippen LogP contribution in [0, 0.1) is 0 Å². The number of benzene rings is 1. The number of aromatic nitrogens is 1. The first-order valence-electron chi connectivity index (χ1n) is 5.05. The van der Waals surface area contributed by atoms with Gasteiger partial charge in [0.25, 0.3) is 0 Å². The maximum Gasteiger partial charge on any atom is 0.212 e. The predicted molar refractivity (Wildman–Crippen MR) is 70.5 cm³/mol. The number of hydrogen-bond acceptors (Lipinski definition) is 3. The van der Waals surface area contributed by atoms with Gasteiger partial charge in [0.15, 0.2) is 5.76 Å². The Morgan fingerprint density at radius 3 is 2.76 bits per heavy atom. The first kappa shape index (κ1) is 12.5. The Labute approximate surface area is 113 Å². The molecule has 90 valence electrons. The number of oxazole rings is 1. The van der Waals surface area contributed by atoms with Gasteiger partial charge in [0.05, 0.1) is 17.8 Å². The summed E-state index contributed by atoms with van der Waals surface area (Å²) >= 11 is 9.32. The van der Waals surface area contributed by atoms with Gasteiger partial charge in [0, 0.05) is 5.56 Å². The van der Waals surface area contributed by atoms with Crippen molar-refractivity contribution in [1.82, 2.24) is 4.98 Å². The molecule has 1 atom stereocenters. The van der Waals surface area contributed by atoms with Crippen molar-refractivity contribution in [2.45, 2.75) is 12.3 Å². The third kappa shape index (κ3) is 2.64. The van der Waals surface area contributed by atoms with Gasteiger partial charge in [-0.25, -0.2) is 4.98 Å². The molecule has 2 rings (SSSR count). The van der Waals surface area contributed by atoms with Crippen LogP contribution in [-0.4, -0.2) is 12.1 Å². The minimum Gasteiger partial charge on any atom is -0.496 e. The second kappa shape index (κ2) is 5.10. The fourth-order valence-corrected chi connectivity index (χ4v) is 2.07. The zero-order chi connectivity index (χ0) is 12.4. The lowest BCUT2D eigenvalue weighted by molar-refractivity contribution is 0.412. The van der Waals surface area contributed by atoms with Gasteiger partial charge in [0.2, 0.25) is 5.89 Å². The van der Waals surface area contributed by atoms with Crippen molar-refractivity contribution in [3.05, 3.63) is 34.8 Å². The molecule has 0 aliphatic heterocycles. The molecule has 0 saturated carbocycles. The molecule has 0 saturated heterocycles. The molecule has 0 spiro atoms. The van der Waals surface area contributed by atoms with Crippen LogP contribution in [0.2, 0.25) is 0 Å². The molecule has 0 N–H and O–H groups in total. The SMILES string of the molecule is COc1ccc(-c2cnc(C(C)Cl)o2)cc1Br. The normalized spacial score (nSPS) is 12.5. The molecule has 2 aromatic rings. The maximum absolute atomic E-state index is 5.90. The summed E-state index contributed by atoms with van der Waals surface area (Å²) in [6, 6.07) is 5.69. The molecule has 0 amide bonds. The number of rotatable bonds is 3. The minimum absolute atomic E-state index is 0.231. The fraction of sp³-hybridized carbons (Fsp3) is 0.250. The van der Waals surface area contributed by atoms with Gasteiger partial charge in [-0.1, -0.05) is 0 Å². The number of ether oxygens (including phenoxy) is 1. The monoisotopic (exact) mass is 315 g/mol. The summed E-state index contributed by atoms with van der Waals surface area (Å²) in [5, 5.41) is -0.231. The molecule has 1 aromatic carbocycles. The van der Waals surface area contributed by atoms with E-state index in [-0.39, 0.29) is 5.38 Å². The highest BCUT2D eigenvalue weighted by molar-refractivity contribution is 9.10. The lowest BCUT2D eigenvalue weighted by atomic mass is 10.2. The minimum atomic E-state index is -0.231. The molecule has 0 bridgehead atoms. The molecule has 1 heterocycles. The second-order valence-corrected chi connectivity index (χ2v) is 5.04. The molecule has 0 aliphatic rings. The third-order valence-electron chi connectivity index (χ3n) is 2.30. The van der Waals surface area contributed by atoms with Gasteiger partial charge in [-0.15, -0.1) is 11.6 Å². The van der Waals surface area contributed by atoms with Crippen LogP contribution in [0.5, 0.6) is 5.75 Å². The van der Waals surface area contributed by atoms with E-state index in [1.165, 1.54) is 0 Å². The van der Waals surface area contributed by atoms with Crippen molar-refractivity contribution >= 4 is 27.5 Å². The van der Waals surface area contributed by atoms with E-state index in [0.29, 0.717) is 11.7 Å². The smallest absolute Gasteiger partial charge is 0.212 e. The largest absolute Gasteiger partial charge is 0.496 e. The van der Waals surface area contributed by atoms with Gasteiger partial charge in [-0.2, -0.15) is 0 Å². The van der Waals surface area contributed by atoms with Crippen LogP contribution in [-0.2, 0) is 0 Å². The zero-order valence-corrected chi connectivity index (χ0v) is 11.7. The van der Waals surface area contributed by atoms with Crippen LogP contribution in [0.3, 0.4) is 0 Å². The van der Waals surface area contributed by atoms with Crippen LogP contribution in [0.25, 0.3) is 11.3 Å². The van der Waals surface area contributed by atoms with E-state index in [9.17, 15) is 0 Å². The van der Waals surface area contributed by atoms with Gasteiger partial charge in [-0.3, -0.25) is 0 Å². The Bertz CT molecular complexity index is 525. The molecular formula is C12H11BrClNO2. The van der Waals surface area contributed by atoms with Gasteiger partial charge in [-0.05, 0) is 41.1 Å². The Balaban J connectivity index is 2.36. The molecule has 3 nitrogen and oxygen atoms in total. The Morgan fingerprint density at radius 2 is 2.24 bits per heavy atom. The van der Waals surface area contributed by atoms with Crippen molar-refractivity contribution in [3.8, 4) is 17.1 Å². The van der Waals surface area contributed by atoms with Crippen LogP contribution in [0.1, 0.15) is 18.2 Å². The standard InChI is InChI=1S/C12H11BrClNO2/c1-7(14)12-15-6-11(17-12)8-3-4-10(16-2)9(13)5-8/h3-7H,1-2H3. The summed E-state index contributed by atoms with van der Waals surface area (Å²) in [5.41, 5.74) is 0.925. The van der Waals surface area contributed by atoms with Crippen molar-refractivity contribution in [1.29, 1.82) is 0 Å². The lowest BCUT2D eigenvalue weighted by Gasteiger charge is -2.04. The average Bonchev–Trinajstić information content (AvgIpc) is 2.78. The van der Waals surface area contributed by atoms with E-state index in [4.69, 9.17) is 20.8 Å².